The molecule has 0 saturated carbocycles. The van der Waals surface area contributed by atoms with Crippen molar-refractivity contribution in [1.82, 2.24) is 5.32 Å². The second-order valence-corrected chi connectivity index (χ2v) is 6.40. The summed E-state index contributed by atoms with van der Waals surface area (Å²) >= 11 is 0. The number of para-hydroxylation sites is 1. The Balaban J connectivity index is 1.62. The Morgan fingerprint density at radius 1 is 0.926 bits per heavy atom. The second kappa shape index (κ2) is 7.46. The van der Waals surface area contributed by atoms with Crippen molar-refractivity contribution >= 4 is 16.9 Å². The number of fused-ring (bicyclic) bond motifs is 1. The molecule has 27 heavy (non-hydrogen) atoms. The van der Waals surface area contributed by atoms with Crippen LogP contribution < -0.4 is 5.32 Å². The van der Waals surface area contributed by atoms with Crippen molar-refractivity contribution in [2.24, 2.45) is 0 Å². The first-order valence-corrected chi connectivity index (χ1v) is 8.76. The largest absolute Gasteiger partial charge is 0.459 e. The van der Waals surface area contributed by atoms with E-state index in [0.29, 0.717) is 5.76 Å². The molecule has 1 unspecified atom stereocenters. The zero-order valence-corrected chi connectivity index (χ0v) is 14.6. The fraction of sp³-hybridized carbons (Fsp3) is 0.0870. The maximum atomic E-state index is 13.1. The van der Waals surface area contributed by atoms with Crippen molar-refractivity contribution in [3.8, 4) is 0 Å². The Bertz CT molecular complexity index is 1020. The van der Waals surface area contributed by atoms with Crippen molar-refractivity contribution in [3.63, 3.8) is 0 Å². The van der Waals surface area contributed by atoms with Gasteiger partial charge in [-0.3, -0.25) is 4.79 Å². The molecule has 3 nitrogen and oxygen atoms in total. The van der Waals surface area contributed by atoms with Crippen LogP contribution in [0.2, 0.25) is 0 Å². The quantitative estimate of drug-likeness (QED) is 0.544. The molecular weight excluding hydrogens is 341 g/mol. The molecule has 4 heteroatoms. The molecule has 1 aromatic heterocycles. The number of amides is 1. The van der Waals surface area contributed by atoms with Crippen LogP contribution in [-0.4, -0.2) is 5.91 Å². The molecule has 1 atom stereocenters. The third-order valence-electron chi connectivity index (χ3n) is 4.45. The monoisotopic (exact) mass is 359 g/mol. The average molecular weight is 359 g/mol. The summed E-state index contributed by atoms with van der Waals surface area (Å²) < 4.78 is 19.1. The molecule has 0 aliphatic heterocycles. The fourth-order valence-electron chi connectivity index (χ4n) is 3.11. The number of halogens is 1. The van der Waals surface area contributed by atoms with Crippen LogP contribution in [0.1, 0.15) is 22.9 Å². The first-order chi connectivity index (χ1) is 13.2. The number of rotatable bonds is 5. The summed E-state index contributed by atoms with van der Waals surface area (Å²) in [6, 6.07) is 24.9. The normalized spacial score (nSPS) is 12.0. The topological polar surface area (TPSA) is 42.2 Å². The van der Waals surface area contributed by atoms with Crippen LogP contribution in [0.25, 0.3) is 11.0 Å². The summed E-state index contributed by atoms with van der Waals surface area (Å²) in [4.78, 5) is 12.6. The zero-order valence-electron chi connectivity index (χ0n) is 14.6. The molecule has 0 radical (unpaired) electrons. The third kappa shape index (κ3) is 3.90. The highest BCUT2D eigenvalue weighted by Crippen LogP contribution is 2.28. The maximum Gasteiger partial charge on any atom is 0.225 e. The summed E-state index contributed by atoms with van der Waals surface area (Å²) in [6.07, 6.45) is 0.170. The van der Waals surface area contributed by atoms with Gasteiger partial charge < -0.3 is 9.73 Å². The van der Waals surface area contributed by atoms with Crippen molar-refractivity contribution in [2.45, 2.75) is 12.5 Å². The molecular formula is C23H18FNO2. The van der Waals surface area contributed by atoms with E-state index in [4.69, 9.17) is 4.42 Å². The Hall–Kier alpha value is -3.40. The Morgan fingerprint density at radius 2 is 1.63 bits per heavy atom. The van der Waals surface area contributed by atoms with Gasteiger partial charge in [0.25, 0.3) is 0 Å². The lowest BCUT2D eigenvalue weighted by Gasteiger charge is -2.17. The highest BCUT2D eigenvalue weighted by atomic mass is 19.1. The Kier molecular flexibility index (Phi) is 4.71. The molecule has 0 saturated heterocycles. The number of carbonyl (C=O) groups excluding carboxylic acids is 1. The molecule has 0 bridgehead atoms. The van der Waals surface area contributed by atoms with Gasteiger partial charge in [0.15, 0.2) is 0 Å². The molecule has 134 valence electrons. The molecule has 1 amide bonds. The minimum Gasteiger partial charge on any atom is -0.459 e. The summed E-state index contributed by atoms with van der Waals surface area (Å²) in [5.74, 6) is 0.203. The van der Waals surface area contributed by atoms with Crippen LogP contribution in [0.15, 0.2) is 89.3 Å². The van der Waals surface area contributed by atoms with Crippen LogP contribution in [0.3, 0.4) is 0 Å². The van der Waals surface area contributed by atoms with Crippen LogP contribution >= 0.6 is 0 Å². The van der Waals surface area contributed by atoms with E-state index in [1.54, 1.807) is 12.1 Å². The van der Waals surface area contributed by atoms with Crippen LogP contribution in [0.4, 0.5) is 4.39 Å². The summed E-state index contributed by atoms with van der Waals surface area (Å²) in [7, 11) is 0. The van der Waals surface area contributed by atoms with Gasteiger partial charge in [-0.1, -0.05) is 60.7 Å². The van der Waals surface area contributed by atoms with E-state index in [2.05, 4.69) is 5.32 Å². The molecule has 1 N–H and O–H groups in total. The van der Waals surface area contributed by atoms with Crippen molar-refractivity contribution in [3.05, 3.63) is 108 Å². The standard InChI is InChI=1S/C23H18FNO2/c24-19-12-10-16(11-13-19)14-22(26)25-23(17-6-2-1-3-7-17)21-15-18-8-4-5-9-20(18)27-21/h1-13,15,23H,14H2,(H,25,26). The van der Waals surface area contributed by atoms with Gasteiger partial charge in [0.1, 0.15) is 23.2 Å². The molecule has 0 spiro atoms. The number of hydrogen-bond acceptors (Lipinski definition) is 2. The second-order valence-electron chi connectivity index (χ2n) is 6.40. The van der Waals surface area contributed by atoms with Crippen LogP contribution in [0.5, 0.6) is 0 Å². The molecule has 3 aromatic carbocycles. The van der Waals surface area contributed by atoms with Crippen molar-refractivity contribution in [2.75, 3.05) is 0 Å². The van der Waals surface area contributed by atoms with E-state index >= 15 is 0 Å². The predicted octanol–water partition coefficient (Wildman–Crippen LogP) is 5.02. The van der Waals surface area contributed by atoms with Crippen LogP contribution in [0, 0.1) is 5.82 Å². The first-order valence-electron chi connectivity index (χ1n) is 8.76. The lowest BCUT2D eigenvalue weighted by atomic mass is 10.0. The SMILES string of the molecule is O=C(Cc1ccc(F)cc1)NC(c1ccccc1)c1cc2ccccc2o1. The number of benzene rings is 3. The number of carbonyl (C=O) groups is 1. The number of nitrogens with one attached hydrogen (secondary N) is 1. The maximum absolute atomic E-state index is 13.1. The minimum absolute atomic E-state index is 0.157. The third-order valence-corrected chi connectivity index (χ3v) is 4.45. The Morgan fingerprint density at radius 3 is 2.37 bits per heavy atom. The Labute approximate surface area is 156 Å². The molecule has 0 aliphatic rings. The van der Waals surface area contributed by atoms with Gasteiger partial charge in [-0.15, -0.1) is 0 Å². The van der Waals surface area contributed by atoms with E-state index in [-0.39, 0.29) is 18.1 Å². The van der Waals surface area contributed by atoms with Gasteiger partial charge in [-0.2, -0.15) is 0 Å². The van der Waals surface area contributed by atoms with E-state index in [0.717, 1.165) is 22.1 Å². The van der Waals surface area contributed by atoms with E-state index < -0.39 is 6.04 Å². The minimum atomic E-state index is -0.397. The first kappa shape index (κ1) is 17.0. The van der Waals surface area contributed by atoms with E-state index in [9.17, 15) is 9.18 Å². The van der Waals surface area contributed by atoms with Crippen LogP contribution in [-0.2, 0) is 11.2 Å². The van der Waals surface area contributed by atoms with Gasteiger partial charge in [0, 0.05) is 5.39 Å². The van der Waals surface area contributed by atoms with Crippen molar-refractivity contribution < 1.29 is 13.6 Å². The lowest BCUT2D eigenvalue weighted by molar-refractivity contribution is -0.121. The number of furan rings is 1. The van der Waals surface area contributed by atoms with Crippen molar-refractivity contribution in [1.29, 1.82) is 0 Å². The molecule has 4 aromatic rings. The fourth-order valence-corrected chi connectivity index (χ4v) is 3.11. The van der Waals surface area contributed by atoms with Gasteiger partial charge in [0.2, 0.25) is 5.91 Å². The van der Waals surface area contributed by atoms with Gasteiger partial charge in [0.05, 0.1) is 6.42 Å². The van der Waals surface area contributed by atoms with Gasteiger partial charge in [-0.05, 0) is 35.4 Å². The number of hydrogen-bond donors (Lipinski definition) is 1. The summed E-state index contributed by atoms with van der Waals surface area (Å²) in [6.45, 7) is 0. The molecule has 0 fully saturated rings. The lowest BCUT2D eigenvalue weighted by Crippen LogP contribution is -2.30. The summed E-state index contributed by atoms with van der Waals surface area (Å²) in [5, 5.41) is 4.03. The smallest absolute Gasteiger partial charge is 0.225 e. The van der Waals surface area contributed by atoms with Gasteiger partial charge >= 0.3 is 0 Å². The van der Waals surface area contributed by atoms with E-state index in [1.165, 1.54) is 12.1 Å². The molecule has 0 aliphatic carbocycles. The highest BCUT2D eigenvalue weighted by Gasteiger charge is 2.21. The summed E-state index contributed by atoms with van der Waals surface area (Å²) in [5.41, 5.74) is 2.47. The van der Waals surface area contributed by atoms with Gasteiger partial charge in [-0.25, -0.2) is 4.39 Å². The molecule has 1 heterocycles. The average Bonchev–Trinajstić information content (AvgIpc) is 3.12. The van der Waals surface area contributed by atoms with E-state index in [1.807, 2.05) is 60.7 Å². The predicted molar refractivity (Wildman–Crippen MR) is 103 cm³/mol. The zero-order chi connectivity index (χ0) is 18.6. The molecule has 4 rings (SSSR count). The highest BCUT2D eigenvalue weighted by molar-refractivity contribution is 5.81.